The fourth-order valence-corrected chi connectivity index (χ4v) is 8.51. The molecule has 6 atom stereocenters. The first-order chi connectivity index (χ1) is 22.6. The van der Waals surface area contributed by atoms with Gasteiger partial charge in [-0.1, -0.05) is 77.0 Å². The van der Waals surface area contributed by atoms with E-state index < -0.39 is 12.7 Å². The summed E-state index contributed by atoms with van der Waals surface area (Å²) in [4.78, 5) is 33.9. The molecule has 2 bridgehead atoms. The number of hydrogen-bond acceptors (Lipinski definition) is 7. The van der Waals surface area contributed by atoms with E-state index in [2.05, 4.69) is 69.4 Å². The normalized spacial score (nSPS) is 29.4. The summed E-state index contributed by atoms with van der Waals surface area (Å²) in [5, 5.41) is 15.4. The number of amides is 2. The van der Waals surface area contributed by atoms with Gasteiger partial charge in [0.2, 0.25) is 5.60 Å². The second kappa shape index (κ2) is 12.9. The lowest BCUT2D eigenvalue weighted by Crippen LogP contribution is -2.65. The van der Waals surface area contributed by atoms with Gasteiger partial charge < -0.3 is 24.8 Å². The summed E-state index contributed by atoms with van der Waals surface area (Å²) in [6.07, 6.45) is 3.45. The standard InChI is InChI=1S/C37H54BN5O5/c1-22(2)15-32(38-46-31-17-26-16-30(35(26,7)8)36(31,9)47-38)40-34(45)37(19-25-13-11-10-12-14-25)20-27(42-48-37)21-39-33(44)29-18-28(23(3)4)41-43(29)24(5)6/h10-14,18,22-24,26,30-32H,15-17,19-21H2,1-9H3,(H,39,44)(H,40,45)/t26-,30-,31+,32-,36-,37?/m0/s1. The number of benzene rings is 1. The van der Waals surface area contributed by atoms with Crippen molar-refractivity contribution in [2.45, 2.75) is 130 Å². The van der Waals surface area contributed by atoms with E-state index >= 15 is 0 Å². The summed E-state index contributed by atoms with van der Waals surface area (Å²) in [6, 6.07) is 11.7. The van der Waals surface area contributed by atoms with Gasteiger partial charge in [-0.15, -0.1) is 0 Å². The molecule has 0 radical (unpaired) electrons. The number of rotatable bonds is 12. The smallest absolute Gasteiger partial charge is 0.404 e. The average Bonchev–Trinajstić information content (AvgIpc) is 3.75. The zero-order valence-electron chi connectivity index (χ0n) is 30.2. The fourth-order valence-electron chi connectivity index (χ4n) is 8.51. The van der Waals surface area contributed by atoms with E-state index in [-0.39, 0.29) is 59.8 Å². The van der Waals surface area contributed by atoms with Gasteiger partial charge in [-0.3, -0.25) is 14.3 Å². The van der Waals surface area contributed by atoms with Gasteiger partial charge in [0.15, 0.2) is 0 Å². The van der Waals surface area contributed by atoms with E-state index in [1.807, 2.05) is 50.2 Å². The molecule has 1 aromatic carbocycles. The number of carbonyl (C=O) groups is 2. The highest BCUT2D eigenvalue weighted by Crippen LogP contribution is 2.65. The molecule has 2 aliphatic heterocycles. The highest BCUT2D eigenvalue weighted by molar-refractivity contribution is 6.48. The first-order valence-electron chi connectivity index (χ1n) is 17.9. The number of hydrogen-bond donors (Lipinski definition) is 2. The van der Waals surface area contributed by atoms with Crippen molar-refractivity contribution in [1.29, 1.82) is 0 Å². The molecular weight excluding hydrogens is 605 g/mol. The zero-order chi connectivity index (χ0) is 34.6. The Kier molecular flexibility index (Phi) is 9.35. The number of nitrogens with one attached hydrogen (secondary N) is 2. The van der Waals surface area contributed by atoms with Crippen LogP contribution in [0.1, 0.15) is 122 Å². The van der Waals surface area contributed by atoms with Gasteiger partial charge >= 0.3 is 7.12 Å². The monoisotopic (exact) mass is 659 g/mol. The van der Waals surface area contributed by atoms with Crippen molar-refractivity contribution in [3.8, 4) is 0 Å². The molecular formula is C37H54BN5O5. The highest BCUT2D eigenvalue weighted by Gasteiger charge is 2.68. The Morgan fingerprint density at radius 2 is 1.79 bits per heavy atom. The summed E-state index contributed by atoms with van der Waals surface area (Å²) in [6.45, 7) is 19.5. The molecule has 3 heterocycles. The third-order valence-electron chi connectivity index (χ3n) is 11.4. The molecule has 2 amide bonds. The topological polar surface area (TPSA) is 116 Å². The molecule has 4 fully saturated rings. The Labute approximate surface area is 286 Å². The van der Waals surface area contributed by atoms with Crippen LogP contribution < -0.4 is 10.6 Å². The second-order valence-corrected chi connectivity index (χ2v) is 16.5. The molecule has 3 saturated carbocycles. The first kappa shape index (κ1) is 34.7. The molecule has 7 rings (SSSR count). The molecule has 48 heavy (non-hydrogen) atoms. The minimum atomic E-state index is -1.28. The van der Waals surface area contributed by atoms with Crippen LogP contribution in [0, 0.1) is 23.2 Å². The number of carbonyl (C=O) groups excluding carboxylic acids is 2. The van der Waals surface area contributed by atoms with E-state index in [0.29, 0.717) is 42.0 Å². The van der Waals surface area contributed by atoms with Crippen LogP contribution in [0.4, 0.5) is 0 Å². The Morgan fingerprint density at radius 3 is 2.44 bits per heavy atom. The van der Waals surface area contributed by atoms with Gasteiger partial charge in [-0.25, -0.2) is 0 Å². The Hall–Kier alpha value is -3.18. The minimum absolute atomic E-state index is 0.0222. The SMILES string of the molecule is CC(C)C[C@H](NC(=O)C1(Cc2ccccc2)CC(CNC(=O)c2cc(C(C)C)nn2C(C)C)=NO1)B1O[C@@H]2C[C@@H]3C[C@@H](C3(C)C)[C@]2(C)O1. The van der Waals surface area contributed by atoms with Crippen LogP contribution in [-0.4, -0.2) is 64.2 Å². The molecule has 1 unspecified atom stereocenters. The molecule has 0 spiro atoms. The number of aromatic nitrogens is 2. The summed E-state index contributed by atoms with van der Waals surface area (Å²) >= 11 is 0. The van der Waals surface area contributed by atoms with Crippen molar-refractivity contribution in [2.75, 3.05) is 6.54 Å². The first-order valence-corrected chi connectivity index (χ1v) is 17.9. The lowest BCUT2D eigenvalue weighted by molar-refractivity contribution is -0.199. The summed E-state index contributed by atoms with van der Waals surface area (Å²) < 4.78 is 15.2. The molecule has 260 valence electrons. The maximum Gasteiger partial charge on any atom is 0.481 e. The summed E-state index contributed by atoms with van der Waals surface area (Å²) in [5.41, 5.74) is 1.52. The van der Waals surface area contributed by atoms with Crippen LogP contribution >= 0.6 is 0 Å². The van der Waals surface area contributed by atoms with E-state index in [9.17, 15) is 9.59 Å². The van der Waals surface area contributed by atoms with Crippen molar-refractivity contribution in [3.05, 3.63) is 53.3 Å². The lowest BCUT2D eigenvalue weighted by atomic mass is 9.43. The molecule has 3 aliphatic carbocycles. The predicted octanol–water partition coefficient (Wildman–Crippen LogP) is 5.87. The molecule has 1 aromatic heterocycles. The van der Waals surface area contributed by atoms with Crippen LogP contribution in [0.2, 0.25) is 0 Å². The lowest BCUT2D eigenvalue weighted by Gasteiger charge is -2.64. The molecule has 2 N–H and O–H groups in total. The maximum absolute atomic E-state index is 14.5. The van der Waals surface area contributed by atoms with Gasteiger partial charge in [-0.05, 0) is 80.8 Å². The molecule has 11 heteroatoms. The van der Waals surface area contributed by atoms with Crippen LogP contribution in [0.25, 0.3) is 0 Å². The third kappa shape index (κ3) is 6.33. The third-order valence-corrected chi connectivity index (χ3v) is 11.4. The van der Waals surface area contributed by atoms with Crippen molar-refractivity contribution in [1.82, 2.24) is 20.4 Å². The van der Waals surface area contributed by atoms with E-state index in [1.54, 1.807) is 4.68 Å². The van der Waals surface area contributed by atoms with Gasteiger partial charge in [0.25, 0.3) is 11.8 Å². The average molecular weight is 660 g/mol. The van der Waals surface area contributed by atoms with E-state index in [1.165, 1.54) is 6.42 Å². The van der Waals surface area contributed by atoms with E-state index in [0.717, 1.165) is 17.7 Å². The van der Waals surface area contributed by atoms with Crippen molar-refractivity contribution in [3.63, 3.8) is 0 Å². The highest BCUT2D eigenvalue weighted by atomic mass is 16.7. The molecule has 1 saturated heterocycles. The second-order valence-electron chi connectivity index (χ2n) is 16.5. The largest absolute Gasteiger partial charge is 0.481 e. The van der Waals surface area contributed by atoms with E-state index in [4.69, 9.17) is 14.1 Å². The van der Waals surface area contributed by atoms with Crippen molar-refractivity contribution < 1.29 is 23.7 Å². The Bertz CT molecular complexity index is 1540. The summed E-state index contributed by atoms with van der Waals surface area (Å²) in [7, 11) is -0.544. The Balaban J connectivity index is 1.18. The van der Waals surface area contributed by atoms with Crippen LogP contribution in [0.3, 0.4) is 0 Å². The summed E-state index contributed by atoms with van der Waals surface area (Å²) in [5.74, 6) is 0.727. The molecule has 5 aliphatic rings. The van der Waals surface area contributed by atoms with Crippen LogP contribution in [0.5, 0.6) is 0 Å². The van der Waals surface area contributed by atoms with Gasteiger partial charge in [0.05, 0.1) is 35.6 Å². The van der Waals surface area contributed by atoms with Crippen molar-refractivity contribution in [2.24, 2.45) is 28.3 Å². The van der Waals surface area contributed by atoms with Gasteiger partial charge in [-0.2, -0.15) is 5.10 Å². The van der Waals surface area contributed by atoms with Gasteiger partial charge in [0, 0.05) is 18.9 Å². The Morgan fingerprint density at radius 1 is 1.06 bits per heavy atom. The minimum Gasteiger partial charge on any atom is -0.404 e. The predicted molar refractivity (Wildman–Crippen MR) is 187 cm³/mol. The zero-order valence-corrected chi connectivity index (χ0v) is 30.2. The van der Waals surface area contributed by atoms with Crippen LogP contribution in [0.15, 0.2) is 41.6 Å². The quantitative estimate of drug-likeness (QED) is 0.276. The maximum atomic E-state index is 14.5. The fraction of sp³-hybridized carbons (Fsp3) is 0.676. The number of oxime groups is 1. The molecule has 2 aromatic rings. The van der Waals surface area contributed by atoms with Crippen LogP contribution in [-0.2, 0) is 25.4 Å². The molecule has 10 nitrogen and oxygen atoms in total. The van der Waals surface area contributed by atoms with Crippen molar-refractivity contribution >= 4 is 24.6 Å². The van der Waals surface area contributed by atoms with Gasteiger partial charge in [0.1, 0.15) is 5.69 Å². The number of nitrogens with zero attached hydrogens (tertiary/aromatic N) is 3.